The smallest absolute Gasteiger partial charge is 0.246 e. The van der Waals surface area contributed by atoms with Gasteiger partial charge < -0.3 is 5.32 Å². The number of nitrogens with one attached hydrogen (secondary N) is 1. The van der Waals surface area contributed by atoms with E-state index < -0.39 is 6.04 Å². The van der Waals surface area contributed by atoms with E-state index in [2.05, 4.69) is 26.8 Å². The van der Waals surface area contributed by atoms with Crippen molar-refractivity contribution in [1.82, 2.24) is 25.5 Å². The average molecular weight is 255 g/mol. The van der Waals surface area contributed by atoms with Gasteiger partial charge in [-0.25, -0.2) is 4.68 Å². The Balaban J connectivity index is 2.16. The summed E-state index contributed by atoms with van der Waals surface area (Å²) in [6, 6.07) is 9.16. The fourth-order valence-corrected chi connectivity index (χ4v) is 1.71. The summed E-state index contributed by atoms with van der Waals surface area (Å²) in [7, 11) is 0. The molecule has 1 heterocycles. The van der Waals surface area contributed by atoms with E-state index in [1.165, 1.54) is 11.0 Å². The molecule has 0 aliphatic carbocycles. The highest BCUT2D eigenvalue weighted by atomic mass is 16.2. The van der Waals surface area contributed by atoms with Crippen LogP contribution in [0.3, 0.4) is 0 Å². The summed E-state index contributed by atoms with van der Waals surface area (Å²) < 4.78 is 1.43. The van der Waals surface area contributed by atoms with Crippen molar-refractivity contribution in [2.24, 2.45) is 0 Å². The Hall–Kier alpha value is -2.68. The van der Waals surface area contributed by atoms with Crippen LogP contribution in [-0.2, 0) is 11.2 Å². The highest BCUT2D eigenvalue weighted by Gasteiger charge is 2.21. The van der Waals surface area contributed by atoms with Crippen molar-refractivity contribution < 1.29 is 4.79 Å². The number of benzene rings is 1. The predicted octanol–water partition coefficient (Wildman–Crippen LogP) is 0.206. The first-order chi connectivity index (χ1) is 9.31. The van der Waals surface area contributed by atoms with Crippen LogP contribution in [0, 0.1) is 12.3 Å². The third-order valence-corrected chi connectivity index (χ3v) is 2.62. The normalized spacial score (nSPS) is 11.5. The zero-order chi connectivity index (χ0) is 13.5. The highest BCUT2D eigenvalue weighted by Crippen LogP contribution is 2.12. The van der Waals surface area contributed by atoms with Crippen molar-refractivity contribution in [3.05, 3.63) is 42.2 Å². The number of aromatic nitrogens is 4. The van der Waals surface area contributed by atoms with Gasteiger partial charge in [0.1, 0.15) is 12.4 Å². The van der Waals surface area contributed by atoms with E-state index in [4.69, 9.17) is 6.42 Å². The molecule has 2 aromatic rings. The first-order valence-electron chi connectivity index (χ1n) is 5.79. The van der Waals surface area contributed by atoms with Gasteiger partial charge in [0.2, 0.25) is 5.91 Å². The molecule has 19 heavy (non-hydrogen) atoms. The fourth-order valence-electron chi connectivity index (χ4n) is 1.71. The molecule has 6 heteroatoms. The molecule has 2 rings (SSSR count). The molecule has 0 saturated heterocycles. The lowest BCUT2D eigenvalue weighted by atomic mass is 10.1. The van der Waals surface area contributed by atoms with Crippen LogP contribution in [0.5, 0.6) is 0 Å². The molecule has 0 aliphatic heterocycles. The Morgan fingerprint density at radius 2 is 2.21 bits per heavy atom. The second-order valence-corrected chi connectivity index (χ2v) is 3.92. The Labute approximate surface area is 110 Å². The molecule has 96 valence electrons. The number of carbonyl (C=O) groups excluding carboxylic acids is 1. The molecule has 0 spiro atoms. The number of nitrogens with zero attached hydrogens (tertiary/aromatic N) is 4. The molecule has 1 aromatic heterocycles. The summed E-state index contributed by atoms with van der Waals surface area (Å²) in [5.74, 6) is 2.17. The second-order valence-electron chi connectivity index (χ2n) is 3.92. The van der Waals surface area contributed by atoms with Gasteiger partial charge in [0.05, 0.1) is 6.54 Å². The number of tetrazole rings is 1. The molecule has 0 radical (unpaired) electrons. The second kappa shape index (κ2) is 6.31. The molecule has 0 bridgehead atoms. The molecular weight excluding hydrogens is 242 g/mol. The predicted molar refractivity (Wildman–Crippen MR) is 68.8 cm³/mol. The molecule has 1 N–H and O–H groups in total. The number of rotatable bonds is 5. The molecule has 0 fully saturated rings. The van der Waals surface area contributed by atoms with Gasteiger partial charge in [-0.05, 0) is 16.0 Å². The molecule has 1 aromatic carbocycles. The Bertz CT molecular complexity index is 558. The minimum absolute atomic E-state index is 0.187. The Kier molecular flexibility index (Phi) is 4.24. The zero-order valence-corrected chi connectivity index (χ0v) is 10.2. The summed E-state index contributed by atoms with van der Waals surface area (Å²) >= 11 is 0. The summed E-state index contributed by atoms with van der Waals surface area (Å²) in [6.07, 6.45) is 7.06. The quantitative estimate of drug-likeness (QED) is 0.775. The van der Waals surface area contributed by atoms with Gasteiger partial charge >= 0.3 is 0 Å². The number of amides is 1. The fraction of sp³-hybridized carbons (Fsp3) is 0.231. The summed E-state index contributed by atoms with van der Waals surface area (Å²) in [6.45, 7) is 0.187. The highest BCUT2D eigenvalue weighted by molar-refractivity contribution is 5.80. The van der Waals surface area contributed by atoms with Crippen molar-refractivity contribution in [2.75, 3.05) is 6.54 Å². The van der Waals surface area contributed by atoms with E-state index in [1.54, 1.807) is 0 Å². The molecule has 1 amide bonds. The van der Waals surface area contributed by atoms with Gasteiger partial charge in [-0.3, -0.25) is 4.79 Å². The summed E-state index contributed by atoms with van der Waals surface area (Å²) in [5.41, 5.74) is 1.03. The molecule has 6 nitrogen and oxygen atoms in total. The molecular formula is C13H13N5O. The van der Waals surface area contributed by atoms with Crippen LogP contribution >= 0.6 is 0 Å². The molecule has 0 aliphatic rings. The van der Waals surface area contributed by atoms with Gasteiger partial charge in [-0.15, -0.1) is 11.5 Å². The maximum Gasteiger partial charge on any atom is 0.246 e. The van der Waals surface area contributed by atoms with E-state index in [1.807, 2.05) is 30.3 Å². The number of terminal acetylenes is 1. The summed E-state index contributed by atoms with van der Waals surface area (Å²) in [5, 5.41) is 13.6. The lowest BCUT2D eigenvalue weighted by Crippen LogP contribution is -2.34. The van der Waals surface area contributed by atoms with Crippen molar-refractivity contribution in [1.29, 1.82) is 0 Å². The number of carbonyl (C=O) groups is 1. The van der Waals surface area contributed by atoms with Gasteiger partial charge in [0.25, 0.3) is 0 Å². The first-order valence-corrected chi connectivity index (χ1v) is 5.79. The molecule has 0 saturated carbocycles. The van der Waals surface area contributed by atoms with Crippen LogP contribution in [0.15, 0.2) is 36.7 Å². The zero-order valence-electron chi connectivity index (χ0n) is 10.2. The van der Waals surface area contributed by atoms with Crippen molar-refractivity contribution in [3.63, 3.8) is 0 Å². The van der Waals surface area contributed by atoms with Gasteiger partial charge in [-0.2, -0.15) is 0 Å². The van der Waals surface area contributed by atoms with E-state index in [0.717, 1.165) is 5.56 Å². The third-order valence-electron chi connectivity index (χ3n) is 2.62. The van der Waals surface area contributed by atoms with Crippen LogP contribution in [0.4, 0.5) is 0 Å². The van der Waals surface area contributed by atoms with E-state index in [0.29, 0.717) is 6.42 Å². The first kappa shape index (κ1) is 12.8. The number of hydrogen-bond acceptors (Lipinski definition) is 4. The Morgan fingerprint density at radius 3 is 2.84 bits per heavy atom. The van der Waals surface area contributed by atoms with E-state index >= 15 is 0 Å². The van der Waals surface area contributed by atoms with Crippen LogP contribution in [-0.4, -0.2) is 32.7 Å². The molecule has 0 unspecified atom stereocenters. The maximum absolute atomic E-state index is 12.1. The monoisotopic (exact) mass is 255 g/mol. The summed E-state index contributed by atoms with van der Waals surface area (Å²) in [4.78, 5) is 12.1. The van der Waals surface area contributed by atoms with Crippen LogP contribution < -0.4 is 5.32 Å². The van der Waals surface area contributed by atoms with Crippen LogP contribution in [0.25, 0.3) is 0 Å². The van der Waals surface area contributed by atoms with Crippen molar-refractivity contribution in [3.8, 4) is 12.3 Å². The molecule has 1 atom stereocenters. The lowest BCUT2D eigenvalue weighted by molar-refractivity contribution is -0.124. The van der Waals surface area contributed by atoms with Crippen LogP contribution in [0.2, 0.25) is 0 Å². The average Bonchev–Trinajstić information content (AvgIpc) is 2.97. The standard InChI is InChI=1S/C13H13N5O/c1-2-8-14-13(19)12(18-10-15-16-17-18)9-11-6-4-3-5-7-11/h1,3-7,10,12H,8-9H2,(H,14,19)/t12-/m1/s1. The third kappa shape index (κ3) is 3.39. The minimum atomic E-state index is -0.509. The van der Waals surface area contributed by atoms with Gasteiger partial charge in [0, 0.05) is 6.42 Å². The number of hydrogen-bond donors (Lipinski definition) is 1. The maximum atomic E-state index is 12.1. The van der Waals surface area contributed by atoms with E-state index in [9.17, 15) is 4.79 Å². The SMILES string of the molecule is C#CCNC(=O)[C@@H](Cc1ccccc1)n1cnnn1. The van der Waals surface area contributed by atoms with Gasteiger partial charge in [-0.1, -0.05) is 36.3 Å². The van der Waals surface area contributed by atoms with Crippen molar-refractivity contribution in [2.45, 2.75) is 12.5 Å². The Morgan fingerprint density at radius 1 is 1.42 bits per heavy atom. The van der Waals surface area contributed by atoms with E-state index in [-0.39, 0.29) is 12.5 Å². The topological polar surface area (TPSA) is 72.7 Å². The minimum Gasteiger partial charge on any atom is -0.343 e. The largest absolute Gasteiger partial charge is 0.343 e. The van der Waals surface area contributed by atoms with Crippen molar-refractivity contribution >= 4 is 5.91 Å². The lowest BCUT2D eigenvalue weighted by Gasteiger charge is -2.15. The van der Waals surface area contributed by atoms with Gasteiger partial charge in [0.15, 0.2) is 0 Å². The van der Waals surface area contributed by atoms with Crippen LogP contribution in [0.1, 0.15) is 11.6 Å².